The summed E-state index contributed by atoms with van der Waals surface area (Å²) in [5.41, 5.74) is 5.57. The van der Waals surface area contributed by atoms with Gasteiger partial charge >= 0.3 is 0 Å². The predicted molar refractivity (Wildman–Crippen MR) is 56.9 cm³/mol. The van der Waals surface area contributed by atoms with Crippen LogP contribution in [0.15, 0.2) is 12.3 Å². The topological polar surface area (TPSA) is 47.1 Å². The number of rotatable bonds is 2. The van der Waals surface area contributed by atoms with Crippen LogP contribution in [0.25, 0.3) is 0 Å². The summed E-state index contributed by atoms with van der Waals surface area (Å²) in [4.78, 5) is 2.38. The molecule has 0 unspecified atom stereocenters. The number of nitrogen functional groups attached to an aromatic ring is 1. The van der Waals surface area contributed by atoms with Gasteiger partial charge in [-0.05, 0) is 45.0 Å². The maximum atomic E-state index is 5.57. The molecule has 1 aromatic heterocycles. The standard InChI is InChI=1S/C10H18N4/c1-13-5-2-9(3-6-13)8-14-7-4-10(11)12-14/h4,7,9H,2-3,5-6,8H2,1H3,(H2,11,12). The predicted octanol–water partition coefficient (Wildman–Crippen LogP) is 0.807. The first-order valence-electron chi connectivity index (χ1n) is 5.21. The lowest BCUT2D eigenvalue weighted by Crippen LogP contribution is -2.32. The summed E-state index contributed by atoms with van der Waals surface area (Å²) in [6.45, 7) is 3.44. The van der Waals surface area contributed by atoms with Gasteiger partial charge in [0.2, 0.25) is 0 Å². The Morgan fingerprint density at radius 1 is 1.50 bits per heavy atom. The van der Waals surface area contributed by atoms with Crippen LogP contribution in [0.1, 0.15) is 12.8 Å². The van der Waals surface area contributed by atoms with E-state index in [2.05, 4.69) is 17.0 Å². The van der Waals surface area contributed by atoms with E-state index in [0.717, 1.165) is 12.5 Å². The van der Waals surface area contributed by atoms with Gasteiger partial charge in [0, 0.05) is 12.7 Å². The zero-order valence-electron chi connectivity index (χ0n) is 8.69. The van der Waals surface area contributed by atoms with Crippen LogP contribution >= 0.6 is 0 Å². The fourth-order valence-corrected chi connectivity index (χ4v) is 1.99. The van der Waals surface area contributed by atoms with Crippen LogP contribution in [0.2, 0.25) is 0 Å². The molecule has 78 valence electrons. The molecule has 2 N–H and O–H groups in total. The normalized spacial score (nSPS) is 20.1. The Bertz CT molecular complexity index is 286. The van der Waals surface area contributed by atoms with Gasteiger partial charge in [-0.2, -0.15) is 5.10 Å². The summed E-state index contributed by atoms with van der Waals surface area (Å²) in [6, 6.07) is 1.86. The van der Waals surface area contributed by atoms with E-state index in [1.54, 1.807) is 0 Å². The fraction of sp³-hybridized carbons (Fsp3) is 0.700. The molecule has 2 rings (SSSR count). The van der Waals surface area contributed by atoms with E-state index in [-0.39, 0.29) is 0 Å². The molecule has 0 aromatic carbocycles. The SMILES string of the molecule is CN1CCC(Cn2ccc(N)n2)CC1. The maximum Gasteiger partial charge on any atom is 0.145 e. The van der Waals surface area contributed by atoms with E-state index in [9.17, 15) is 0 Å². The van der Waals surface area contributed by atoms with Gasteiger partial charge < -0.3 is 10.6 Å². The molecular formula is C10H18N4. The van der Waals surface area contributed by atoms with Crippen LogP contribution in [-0.2, 0) is 6.54 Å². The highest BCUT2D eigenvalue weighted by atomic mass is 15.3. The highest BCUT2D eigenvalue weighted by Gasteiger charge is 2.16. The number of anilines is 1. The second-order valence-electron chi connectivity index (χ2n) is 4.21. The molecule has 1 aliphatic heterocycles. The van der Waals surface area contributed by atoms with Crippen molar-refractivity contribution in [2.24, 2.45) is 5.92 Å². The molecule has 0 atom stereocenters. The maximum absolute atomic E-state index is 5.57. The first-order chi connectivity index (χ1) is 6.74. The zero-order chi connectivity index (χ0) is 9.97. The smallest absolute Gasteiger partial charge is 0.145 e. The van der Waals surface area contributed by atoms with Gasteiger partial charge in [0.05, 0.1) is 0 Å². The van der Waals surface area contributed by atoms with Gasteiger partial charge in [0.15, 0.2) is 0 Å². The van der Waals surface area contributed by atoms with Crippen LogP contribution in [0.4, 0.5) is 5.82 Å². The lowest BCUT2D eigenvalue weighted by Gasteiger charge is -2.28. The highest BCUT2D eigenvalue weighted by Crippen LogP contribution is 2.17. The van der Waals surface area contributed by atoms with Gasteiger partial charge in [-0.1, -0.05) is 0 Å². The van der Waals surface area contributed by atoms with Crippen molar-refractivity contribution in [3.63, 3.8) is 0 Å². The lowest BCUT2D eigenvalue weighted by atomic mass is 9.97. The summed E-state index contributed by atoms with van der Waals surface area (Å²) in [6.07, 6.45) is 4.51. The molecule has 14 heavy (non-hydrogen) atoms. The van der Waals surface area contributed by atoms with Crippen molar-refractivity contribution < 1.29 is 0 Å². The Labute approximate surface area is 84.7 Å². The van der Waals surface area contributed by atoms with Crippen molar-refractivity contribution in [3.8, 4) is 0 Å². The minimum atomic E-state index is 0.623. The fourth-order valence-electron chi connectivity index (χ4n) is 1.99. The second-order valence-corrected chi connectivity index (χ2v) is 4.21. The van der Waals surface area contributed by atoms with Gasteiger partial charge in [-0.15, -0.1) is 0 Å². The van der Waals surface area contributed by atoms with Crippen LogP contribution in [-0.4, -0.2) is 34.8 Å². The first kappa shape index (κ1) is 9.52. The number of likely N-dealkylation sites (tertiary alicyclic amines) is 1. The molecule has 1 aromatic rings. The third-order valence-electron chi connectivity index (χ3n) is 2.94. The van der Waals surface area contributed by atoms with Crippen molar-refractivity contribution in [2.45, 2.75) is 19.4 Å². The van der Waals surface area contributed by atoms with E-state index in [1.807, 2.05) is 16.9 Å². The minimum Gasteiger partial charge on any atom is -0.382 e. The Morgan fingerprint density at radius 2 is 2.21 bits per heavy atom. The molecule has 0 saturated carbocycles. The van der Waals surface area contributed by atoms with Gasteiger partial charge in [0.25, 0.3) is 0 Å². The molecule has 0 spiro atoms. The minimum absolute atomic E-state index is 0.623. The van der Waals surface area contributed by atoms with Crippen LogP contribution < -0.4 is 5.73 Å². The van der Waals surface area contributed by atoms with Crippen molar-refractivity contribution in [1.29, 1.82) is 0 Å². The van der Waals surface area contributed by atoms with E-state index >= 15 is 0 Å². The number of hydrogen-bond acceptors (Lipinski definition) is 3. The van der Waals surface area contributed by atoms with E-state index in [1.165, 1.54) is 25.9 Å². The summed E-state index contributed by atoms with van der Waals surface area (Å²) in [5, 5.41) is 4.20. The number of aromatic nitrogens is 2. The van der Waals surface area contributed by atoms with Crippen molar-refractivity contribution in [2.75, 3.05) is 25.9 Å². The average Bonchev–Trinajstić information content (AvgIpc) is 2.56. The molecule has 1 saturated heterocycles. The lowest BCUT2D eigenvalue weighted by molar-refractivity contribution is 0.201. The summed E-state index contributed by atoms with van der Waals surface area (Å²) in [5.74, 6) is 1.39. The van der Waals surface area contributed by atoms with Crippen LogP contribution in [0.3, 0.4) is 0 Å². The van der Waals surface area contributed by atoms with Crippen molar-refractivity contribution in [3.05, 3.63) is 12.3 Å². The molecule has 4 nitrogen and oxygen atoms in total. The summed E-state index contributed by atoms with van der Waals surface area (Å²) < 4.78 is 1.96. The Kier molecular flexibility index (Phi) is 2.72. The molecule has 0 bridgehead atoms. The molecule has 2 heterocycles. The van der Waals surface area contributed by atoms with Gasteiger partial charge in [-0.3, -0.25) is 4.68 Å². The molecule has 0 amide bonds. The molecule has 0 aliphatic carbocycles. The summed E-state index contributed by atoms with van der Waals surface area (Å²) in [7, 11) is 2.18. The number of nitrogens with zero attached hydrogens (tertiary/aromatic N) is 3. The second kappa shape index (κ2) is 4.00. The Balaban J connectivity index is 1.86. The number of piperidine rings is 1. The van der Waals surface area contributed by atoms with E-state index in [4.69, 9.17) is 5.73 Å². The van der Waals surface area contributed by atoms with Crippen molar-refractivity contribution >= 4 is 5.82 Å². The van der Waals surface area contributed by atoms with E-state index < -0.39 is 0 Å². The Hall–Kier alpha value is -1.03. The van der Waals surface area contributed by atoms with Gasteiger partial charge in [-0.25, -0.2) is 0 Å². The highest BCUT2D eigenvalue weighted by molar-refractivity contribution is 5.23. The zero-order valence-corrected chi connectivity index (χ0v) is 8.69. The monoisotopic (exact) mass is 194 g/mol. The largest absolute Gasteiger partial charge is 0.382 e. The molecule has 4 heteroatoms. The van der Waals surface area contributed by atoms with Crippen LogP contribution in [0.5, 0.6) is 0 Å². The number of hydrogen-bond donors (Lipinski definition) is 1. The first-order valence-corrected chi connectivity index (χ1v) is 5.21. The van der Waals surface area contributed by atoms with Gasteiger partial charge in [0.1, 0.15) is 5.82 Å². The average molecular weight is 194 g/mol. The molecule has 1 fully saturated rings. The molecular weight excluding hydrogens is 176 g/mol. The molecule has 1 aliphatic rings. The third-order valence-corrected chi connectivity index (χ3v) is 2.94. The van der Waals surface area contributed by atoms with Crippen LogP contribution in [0, 0.1) is 5.92 Å². The van der Waals surface area contributed by atoms with Crippen molar-refractivity contribution in [1.82, 2.24) is 14.7 Å². The summed E-state index contributed by atoms with van der Waals surface area (Å²) >= 11 is 0. The third kappa shape index (κ3) is 2.26. The number of nitrogens with two attached hydrogens (primary N) is 1. The Morgan fingerprint density at radius 3 is 2.79 bits per heavy atom. The molecule has 0 radical (unpaired) electrons. The van der Waals surface area contributed by atoms with E-state index in [0.29, 0.717) is 5.82 Å². The quantitative estimate of drug-likeness (QED) is 0.757.